The molecule has 0 saturated heterocycles. The molecule has 114 valence electrons. The summed E-state index contributed by atoms with van der Waals surface area (Å²) in [7, 11) is -3.97. The lowest BCUT2D eigenvalue weighted by atomic mass is 10.2. The molecule has 21 heavy (non-hydrogen) atoms. The Hall–Kier alpha value is -1.64. The molecule has 9 heteroatoms. The molecule has 1 heterocycles. The van der Waals surface area contributed by atoms with Gasteiger partial charge in [0.1, 0.15) is 11.4 Å². The van der Waals surface area contributed by atoms with E-state index in [0.29, 0.717) is 11.3 Å². The fourth-order valence-electron chi connectivity index (χ4n) is 1.88. The highest BCUT2D eigenvalue weighted by molar-refractivity contribution is 7.89. The summed E-state index contributed by atoms with van der Waals surface area (Å²) < 4.78 is 31.0. The fourth-order valence-corrected chi connectivity index (χ4v) is 3.42. The minimum atomic E-state index is -3.97. The Labute approximate surface area is 126 Å². The maximum atomic E-state index is 12.1. The summed E-state index contributed by atoms with van der Waals surface area (Å²) in [5.41, 5.74) is 1.04. The molecule has 0 aliphatic carbocycles. The van der Waals surface area contributed by atoms with E-state index in [0.717, 1.165) is 0 Å². The lowest BCUT2D eigenvalue weighted by Gasteiger charge is -2.09. The van der Waals surface area contributed by atoms with Crippen molar-refractivity contribution in [1.29, 1.82) is 0 Å². The van der Waals surface area contributed by atoms with Crippen LogP contribution in [0.2, 0.25) is 5.02 Å². The largest absolute Gasteiger partial charge is 0.465 e. The molecular formula is C12H13ClN2O5S. The van der Waals surface area contributed by atoms with E-state index in [-0.39, 0.29) is 28.9 Å². The van der Waals surface area contributed by atoms with Gasteiger partial charge in [-0.25, -0.2) is 8.42 Å². The molecular weight excluding hydrogens is 320 g/mol. The molecule has 2 rings (SSSR count). The number of hydrogen-bond donors (Lipinski definition) is 2. The first-order valence-corrected chi connectivity index (χ1v) is 7.97. The third kappa shape index (κ3) is 3.52. The average Bonchev–Trinajstić information content (AvgIpc) is 2.75. The summed E-state index contributed by atoms with van der Waals surface area (Å²) in [5.74, 6) is -0.912. The summed E-state index contributed by atoms with van der Waals surface area (Å²) in [6.45, 7) is 1.29. The number of hydrogen-bond acceptors (Lipinski definition) is 5. The molecule has 0 unspecified atom stereocenters. The molecule has 0 fully saturated rings. The predicted octanol–water partition coefficient (Wildman–Crippen LogP) is 0.676. The van der Waals surface area contributed by atoms with Gasteiger partial charge in [-0.3, -0.25) is 9.59 Å². The second kappa shape index (κ2) is 6.00. The van der Waals surface area contributed by atoms with Gasteiger partial charge in [0.25, 0.3) is 0 Å². The van der Waals surface area contributed by atoms with Gasteiger partial charge in [0.15, 0.2) is 0 Å². The van der Waals surface area contributed by atoms with Crippen LogP contribution >= 0.6 is 11.6 Å². The second-order valence-corrected chi connectivity index (χ2v) is 6.44. The van der Waals surface area contributed by atoms with E-state index >= 15 is 0 Å². The van der Waals surface area contributed by atoms with Gasteiger partial charge in [-0.2, -0.15) is 4.72 Å². The van der Waals surface area contributed by atoms with Crippen LogP contribution in [0.5, 0.6) is 0 Å². The Bertz CT molecular complexity index is 702. The molecule has 1 amide bonds. The van der Waals surface area contributed by atoms with E-state index in [1.54, 1.807) is 6.92 Å². The highest BCUT2D eigenvalue weighted by Crippen LogP contribution is 2.32. The van der Waals surface area contributed by atoms with Gasteiger partial charge >= 0.3 is 5.97 Å². The molecule has 0 spiro atoms. The lowest BCUT2D eigenvalue weighted by molar-refractivity contribution is -0.141. The van der Waals surface area contributed by atoms with Crippen molar-refractivity contribution < 1.29 is 22.7 Å². The number of esters is 1. The van der Waals surface area contributed by atoms with E-state index < -0.39 is 22.5 Å². The van der Waals surface area contributed by atoms with Crippen LogP contribution in [0, 0.1) is 0 Å². The van der Waals surface area contributed by atoms with E-state index in [1.807, 2.05) is 0 Å². The minimum Gasteiger partial charge on any atom is -0.465 e. The number of anilines is 1. The third-order valence-electron chi connectivity index (χ3n) is 2.78. The SMILES string of the molecule is CCOC(=O)CNS(=O)(=O)c1cc2c(cc1Cl)NC(=O)C2. The summed E-state index contributed by atoms with van der Waals surface area (Å²) >= 11 is 5.93. The van der Waals surface area contributed by atoms with Crippen LogP contribution in [-0.2, 0) is 30.8 Å². The normalized spacial score (nSPS) is 13.7. The number of nitrogens with one attached hydrogen (secondary N) is 2. The maximum absolute atomic E-state index is 12.1. The van der Waals surface area contributed by atoms with Gasteiger partial charge in [-0.1, -0.05) is 11.6 Å². The Kier molecular flexibility index (Phi) is 4.50. The summed E-state index contributed by atoms with van der Waals surface area (Å²) in [6, 6.07) is 2.70. The predicted molar refractivity (Wildman–Crippen MR) is 75.6 cm³/mol. The summed E-state index contributed by atoms with van der Waals surface area (Å²) in [6.07, 6.45) is 0.0902. The van der Waals surface area contributed by atoms with Crippen molar-refractivity contribution >= 4 is 39.2 Å². The van der Waals surface area contributed by atoms with Gasteiger partial charge < -0.3 is 10.1 Å². The number of benzene rings is 1. The van der Waals surface area contributed by atoms with Gasteiger partial charge in [0, 0.05) is 5.69 Å². The summed E-state index contributed by atoms with van der Waals surface area (Å²) in [5, 5.41) is 2.54. The van der Waals surface area contributed by atoms with Crippen molar-refractivity contribution in [3.8, 4) is 0 Å². The molecule has 1 aliphatic rings. The van der Waals surface area contributed by atoms with E-state index in [1.165, 1.54) is 12.1 Å². The third-order valence-corrected chi connectivity index (χ3v) is 4.65. The Morgan fingerprint density at radius 3 is 2.86 bits per heavy atom. The Balaban J connectivity index is 2.23. The van der Waals surface area contributed by atoms with Crippen LogP contribution in [0.4, 0.5) is 5.69 Å². The number of amides is 1. The van der Waals surface area contributed by atoms with Crippen LogP contribution in [0.3, 0.4) is 0 Å². The fraction of sp³-hybridized carbons (Fsp3) is 0.333. The van der Waals surface area contributed by atoms with Crippen LogP contribution in [-0.4, -0.2) is 33.4 Å². The molecule has 0 aromatic heterocycles. The van der Waals surface area contributed by atoms with Gasteiger partial charge in [0.05, 0.1) is 18.1 Å². The number of carbonyl (C=O) groups excluding carboxylic acids is 2. The van der Waals surface area contributed by atoms with Gasteiger partial charge in [0.2, 0.25) is 15.9 Å². The van der Waals surface area contributed by atoms with Crippen molar-refractivity contribution in [2.24, 2.45) is 0 Å². The molecule has 7 nitrogen and oxygen atoms in total. The number of rotatable bonds is 5. The quantitative estimate of drug-likeness (QED) is 0.772. The zero-order chi connectivity index (χ0) is 15.6. The topological polar surface area (TPSA) is 102 Å². The maximum Gasteiger partial charge on any atom is 0.321 e. The first-order chi connectivity index (χ1) is 9.83. The lowest BCUT2D eigenvalue weighted by Crippen LogP contribution is -2.31. The van der Waals surface area contributed by atoms with Gasteiger partial charge in [-0.05, 0) is 24.6 Å². The van der Waals surface area contributed by atoms with Crippen LogP contribution < -0.4 is 10.0 Å². The molecule has 0 atom stereocenters. The Morgan fingerprint density at radius 1 is 1.48 bits per heavy atom. The molecule has 1 aliphatic heterocycles. The standard InChI is InChI=1S/C12H13ClN2O5S/c1-2-20-12(17)6-14-21(18,19)10-3-7-4-11(16)15-9(7)5-8(10)13/h3,5,14H,2,4,6H2,1H3,(H,15,16). The molecule has 1 aromatic rings. The number of halogens is 1. The molecule has 1 aromatic carbocycles. The van der Waals surface area contributed by atoms with E-state index in [2.05, 4.69) is 14.8 Å². The van der Waals surface area contributed by atoms with Crippen molar-refractivity contribution in [2.45, 2.75) is 18.2 Å². The Morgan fingerprint density at radius 2 is 2.19 bits per heavy atom. The van der Waals surface area contributed by atoms with E-state index in [9.17, 15) is 18.0 Å². The average molecular weight is 333 g/mol. The van der Waals surface area contributed by atoms with Crippen LogP contribution in [0.1, 0.15) is 12.5 Å². The van der Waals surface area contributed by atoms with Crippen LogP contribution in [0.25, 0.3) is 0 Å². The number of ether oxygens (including phenoxy) is 1. The minimum absolute atomic E-state index is 0.0349. The van der Waals surface area contributed by atoms with E-state index in [4.69, 9.17) is 11.6 Å². The number of carbonyl (C=O) groups is 2. The van der Waals surface area contributed by atoms with Crippen molar-refractivity contribution in [2.75, 3.05) is 18.5 Å². The highest BCUT2D eigenvalue weighted by atomic mass is 35.5. The van der Waals surface area contributed by atoms with Crippen LogP contribution in [0.15, 0.2) is 17.0 Å². The monoisotopic (exact) mass is 332 g/mol. The zero-order valence-corrected chi connectivity index (χ0v) is 12.7. The van der Waals surface area contributed by atoms with Crippen molar-refractivity contribution in [3.05, 3.63) is 22.7 Å². The first kappa shape index (κ1) is 15.7. The second-order valence-electron chi connectivity index (χ2n) is 4.29. The molecule has 0 bridgehead atoms. The highest BCUT2D eigenvalue weighted by Gasteiger charge is 2.25. The van der Waals surface area contributed by atoms with Crippen molar-refractivity contribution in [3.63, 3.8) is 0 Å². The molecule has 2 N–H and O–H groups in total. The zero-order valence-electron chi connectivity index (χ0n) is 11.1. The smallest absolute Gasteiger partial charge is 0.321 e. The molecule has 0 saturated carbocycles. The summed E-state index contributed by atoms with van der Waals surface area (Å²) in [4.78, 5) is 22.3. The number of sulfonamides is 1. The molecule has 0 radical (unpaired) electrons. The van der Waals surface area contributed by atoms with Gasteiger partial charge in [-0.15, -0.1) is 0 Å². The number of fused-ring (bicyclic) bond motifs is 1. The van der Waals surface area contributed by atoms with Crippen molar-refractivity contribution in [1.82, 2.24) is 4.72 Å². The first-order valence-electron chi connectivity index (χ1n) is 6.11.